The standard InChI is InChI=1S/C24H26N4O3S/c1-16(29)27-14-12-17-15-18(10-11-21(17)27)25-22(30)9-3-2-6-13-28-23(31)19-7-4-5-8-20(19)26-24(28)32/h4-5,7-8,10-11,15H,2-3,6,9,12-14H2,1H3,(H,25,30)(H,26,32). The second-order valence-electron chi connectivity index (χ2n) is 8.06. The molecule has 0 unspecified atom stereocenters. The van der Waals surface area contributed by atoms with Crippen LogP contribution >= 0.6 is 12.2 Å². The molecule has 0 bridgehead atoms. The van der Waals surface area contributed by atoms with Crippen LogP contribution in [-0.4, -0.2) is 27.9 Å². The molecule has 0 saturated carbocycles. The van der Waals surface area contributed by atoms with E-state index in [4.69, 9.17) is 12.2 Å². The minimum atomic E-state index is -0.0814. The minimum absolute atomic E-state index is 0.0348. The van der Waals surface area contributed by atoms with Gasteiger partial charge in [0.2, 0.25) is 11.8 Å². The van der Waals surface area contributed by atoms with E-state index in [9.17, 15) is 14.4 Å². The maximum Gasteiger partial charge on any atom is 0.262 e. The van der Waals surface area contributed by atoms with E-state index in [1.54, 1.807) is 22.5 Å². The Kier molecular flexibility index (Phi) is 6.50. The van der Waals surface area contributed by atoms with Gasteiger partial charge >= 0.3 is 0 Å². The van der Waals surface area contributed by atoms with Crippen molar-refractivity contribution in [2.75, 3.05) is 16.8 Å². The molecule has 1 aliphatic heterocycles. The van der Waals surface area contributed by atoms with Gasteiger partial charge in [-0.1, -0.05) is 18.6 Å². The number of aromatic nitrogens is 2. The number of anilines is 2. The number of aromatic amines is 1. The van der Waals surface area contributed by atoms with E-state index >= 15 is 0 Å². The smallest absolute Gasteiger partial charge is 0.262 e. The van der Waals surface area contributed by atoms with Crippen LogP contribution in [0.5, 0.6) is 0 Å². The number of para-hydroxylation sites is 1. The van der Waals surface area contributed by atoms with E-state index in [0.717, 1.165) is 48.1 Å². The topological polar surface area (TPSA) is 87.2 Å². The van der Waals surface area contributed by atoms with Gasteiger partial charge < -0.3 is 15.2 Å². The predicted octanol–water partition coefficient (Wildman–Crippen LogP) is 4.17. The van der Waals surface area contributed by atoms with Crippen LogP contribution in [0.3, 0.4) is 0 Å². The molecule has 0 radical (unpaired) electrons. The average molecular weight is 451 g/mol. The van der Waals surface area contributed by atoms with E-state index < -0.39 is 0 Å². The Morgan fingerprint density at radius 1 is 1.12 bits per heavy atom. The summed E-state index contributed by atoms with van der Waals surface area (Å²) in [7, 11) is 0. The number of hydrogen-bond acceptors (Lipinski definition) is 4. The van der Waals surface area contributed by atoms with E-state index in [-0.39, 0.29) is 17.4 Å². The number of hydrogen-bond donors (Lipinski definition) is 2. The molecule has 2 amide bonds. The first-order valence-electron chi connectivity index (χ1n) is 10.9. The number of fused-ring (bicyclic) bond motifs is 2. The summed E-state index contributed by atoms with van der Waals surface area (Å²) >= 11 is 5.34. The van der Waals surface area contributed by atoms with Crippen LogP contribution in [0.15, 0.2) is 47.3 Å². The van der Waals surface area contributed by atoms with Gasteiger partial charge in [-0.05, 0) is 67.4 Å². The van der Waals surface area contributed by atoms with Gasteiger partial charge in [-0.15, -0.1) is 0 Å². The zero-order valence-corrected chi connectivity index (χ0v) is 18.8. The van der Waals surface area contributed by atoms with Crippen molar-refractivity contribution in [3.8, 4) is 0 Å². The number of carbonyl (C=O) groups is 2. The summed E-state index contributed by atoms with van der Waals surface area (Å²) < 4.78 is 2.01. The number of amides is 2. The highest BCUT2D eigenvalue weighted by Crippen LogP contribution is 2.30. The fourth-order valence-electron chi connectivity index (χ4n) is 4.16. The first kappa shape index (κ1) is 22.0. The minimum Gasteiger partial charge on any atom is -0.332 e. The Bertz CT molecular complexity index is 1290. The highest BCUT2D eigenvalue weighted by molar-refractivity contribution is 7.71. The number of benzene rings is 2. The number of unbranched alkanes of at least 4 members (excludes halogenated alkanes) is 2. The molecule has 0 atom stereocenters. The monoisotopic (exact) mass is 450 g/mol. The van der Waals surface area contributed by atoms with Crippen LogP contribution in [0, 0.1) is 4.77 Å². The summed E-state index contributed by atoms with van der Waals surface area (Å²) in [5.74, 6) is -0.000855. The fourth-order valence-corrected chi connectivity index (χ4v) is 4.45. The van der Waals surface area contributed by atoms with Crippen molar-refractivity contribution < 1.29 is 9.59 Å². The SMILES string of the molecule is CC(=O)N1CCc2cc(NC(=O)CCCCCn3c(=S)[nH]c4ccccc4c3=O)ccc21. The summed E-state index contributed by atoms with van der Waals surface area (Å²) in [5, 5.41) is 3.57. The lowest BCUT2D eigenvalue weighted by molar-refractivity contribution is -0.117. The molecule has 166 valence electrons. The molecule has 2 heterocycles. The summed E-state index contributed by atoms with van der Waals surface area (Å²) in [4.78, 5) is 41.5. The molecule has 3 aromatic rings. The zero-order valence-electron chi connectivity index (χ0n) is 18.0. The Morgan fingerprint density at radius 3 is 2.75 bits per heavy atom. The van der Waals surface area contributed by atoms with E-state index in [1.165, 1.54) is 0 Å². The quantitative estimate of drug-likeness (QED) is 0.418. The molecule has 8 heteroatoms. The van der Waals surface area contributed by atoms with Gasteiger partial charge in [0.1, 0.15) is 0 Å². The molecule has 0 spiro atoms. The van der Waals surface area contributed by atoms with Crippen molar-refractivity contribution in [2.45, 2.75) is 45.6 Å². The summed E-state index contributed by atoms with van der Waals surface area (Å²) in [6, 6.07) is 13.0. The van der Waals surface area contributed by atoms with Gasteiger partial charge in [0.25, 0.3) is 5.56 Å². The molecular weight excluding hydrogens is 424 g/mol. The van der Waals surface area contributed by atoms with Crippen LogP contribution in [0.4, 0.5) is 11.4 Å². The van der Waals surface area contributed by atoms with Crippen molar-refractivity contribution in [3.63, 3.8) is 0 Å². The van der Waals surface area contributed by atoms with E-state index in [2.05, 4.69) is 10.3 Å². The highest BCUT2D eigenvalue weighted by atomic mass is 32.1. The van der Waals surface area contributed by atoms with Crippen molar-refractivity contribution in [1.82, 2.24) is 9.55 Å². The molecule has 1 aromatic heterocycles. The van der Waals surface area contributed by atoms with Gasteiger partial charge in [0.15, 0.2) is 4.77 Å². The van der Waals surface area contributed by atoms with Crippen molar-refractivity contribution in [3.05, 3.63) is 63.2 Å². The molecule has 2 N–H and O–H groups in total. The van der Waals surface area contributed by atoms with Gasteiger partial charge in [0, 0.05) is 37.8 Å². The summed E-state index contributed by atoms with van der Waals surface area (Å²) in [6.45, 7) is 2.78. The molecule has 0 aliphatic carbocycles. The molecule has 7 nitrogen and oxygen atoms in total. The van der Waals surface area contributed by atoms with Crippen LogP contribution in [0.2, 0.25) is 0 Å². The Labute approximate surface area is 191 Å². The fraction of sp³-hybridized carbons (Fsp3) is 0.333. The number of nitrogens with zero attached hydrogens (tertiary/aromatic N) is 2. The lowest BCUT2D eigenvalue weighted by Crippen LogP contribution is -2.25. The Morgan fingerprint density at radius 2 is 1.94 bits per heavy atom. The molecule has 0 saturated heterocycles. The van der Waals surface area contributed by atoms with Crippen molar-refractivity contribution in [2.24, 2.45) is 0 Å². The van der Waals surface area contributed by atoms with Crippen LogP contribution in [0.1, 0.15) is 38.2 Å². The van der Waals surface area contributed by atoms with Gasteiger partial charge in [-0.2, -0.15) is 0 Å². The predicted molar refractivity (Wildman–Crippen MR) is 129 cm³/mol. The number of nitrogens with one attached hydrogen (secondary N) is 2. The number of carbonyl (C=O) groups excluding carboxylic acids is 2. The van der Waals surface area contributed by atoms with Crippen LogP contribution in [0.25, 0.3) is 10.9 Å². The van der Waals surface area contributed by atoms with Crippen LogP contribution < -0.4 is 15.8 Å². The molecule has 32 heavy (non-hydrogen) atoms. The third-order valence-electron chi connectivity index (χ3n) is 5.81. The maximum atomic E-state index is 12.7. The third-order valence-corrected chi connectivity index (χ3v) is 6.14. The van der Waals surface area contributed by atoms with Crippen molar-refractivity contribution >= 4 is 46.3 Å². The molecule has 4 rings (SSSR count). The largest absolute Gasteiger partial charge is 0.332 e. The summed E-state index contributed by atoms with van der Waals surface area (Å²) in [5.41, 5.74) is 3.43. The number of H-pyrrole nitrogens is 1. The average Bonchev–Trinajstić information content (AvgIpc) is 3.19. The molecule has 0 fully saturated rings. The van der Waals surface area contributed by atoms with Gasteiger partial charge in [-0.3, -0.25) is 19.0 Å². The Hall–Kier alpha value is -3.26. The highest BCUT2D eigenvalue weighted by Gasteiger charge is 2.22. The zero-order chi connectivity index (χ0) is 22.7. The second kappa shape index (κ2) is 9.48. The first-order valence-corrected chi connectivity index (χ1v) is 11.3. The molecule has 2 aromatic carbocycles. The van der Waals surface area contributed by atoms with E-state index in [1.807, 2.05) is 36.4 Å². The number of rotatable bonds is 7. The lowest BCUT2D eigenvalue weighted by Gasteiger charge is -2.15. The van der Waals surface area contributed by atoms with Crippen molar-refractivity contribution in [1.29, 1.82) is 0 Å². The van der Waals surface area contributed by atoms with E-state index in [0.29, 0.717) is 29.7 Å². The van der Waals surface area contributed by atoms with Gasteiger partial charge in [-0.25, -0.2) is 0 Å². The molecular formula is C24H26N4O3S. The summed E-state index contributed by atoms with van der Waals surface area (Å²) in [6.07, 6.45) is 3.53. The third kappa shape index (κ3) is 4.65. The second-order valence-corrected chi connectivity index (χ2v) is 8.44. The first-order chi connectivity index (χ1) is 15.4. The maximum absolute atomic E-state index is 12.7. The normalized spacial score (nSPS) is 12.7. The lowest BCUT2D eigenvalue weighted by atomic mass is 10.1. The van der Waals surface area contributed by atoms with Gasteiger partial charge in [0.05, 0.1) is 10.9 Å². The molecule has 1 aliphatic rings. The Balaban J connectivity index is 1.26. The van der Waals surface area contributed by atoms with Crippen LogP contribution in [-0.2, 0) is 22.6 Å².